The molecule has 1 saturated heterocycles. The van der Waals surface area contributed by atoms with E-state index >= 15 is 0 Å². The predicted octanol–water partition coefficient (Wildman–Crippen LogP) is 0.0484. The second-order valence-corrected chi connectivity index (χ2v) is 5.43. The first-order valence-corrected chi connectivity index (χ1v) is 7.06. The molecule has 0 saturated carbocycles. The second-order valence-electron chi connectivity index (χ2n) is 5.43. The standard InChI is InChI=1S/C15H24N4O/c1-17-13(15(16)20)10-19-9-8-18(2)11-14(19)12-6-4-3-5-7-12/h3-7,13-14,17H,8-11H2,1-2H3,(H2,16,20). The number of hydrogen-bond donors (Lipinski definition) is 2. The normalized spacial score (nSPS) is 22.6. The van der Waals surface area contributed by atoms with Crippen molar-refractivity contribution < 1.29 is 4.79 Å². The van der Waals surface area contributed by atoms with Crippen molar-refractivity contribution in [1.29, 1.82) is 0 Å². The molecule has 1 aromatic carbocycles. The number of nitrogens with two attached hydrogens (primary N) is 1. The fraction of sp³-hybridized carbons (Fsp3) is 0.533. The highest BCUT2D eigenvalue weighted by molar-refractivity contribution is 5.80. The van der Waals surface area contributed by atoms with Gasteiger partial charge in [0.25, 0.3) is 0 Å². The fourth-order valence-electron chi connectivity index (χ4n) is 2.72. The Balaban J connectivity index is 2.14. The zero-order valence-corrected chi connectivity index (χ0v) is 12.2. The molecule has 5 nitrogen and oxygen atoms in total. The molecule has 1 aromatic rings. The van der Waals surface area contributed by atoms with E-state index in [1.165, 1.54) is 5.56 Å². The number of nitrogens with zero attached hydrogens (tertiary/aromatic N) is 2. The van der Waals surface area contributed by atoms with Gasteiger partial charge in [0.15, 0.2) is 0 Å². The number of piperazine rings is 1. The van der Waals surface area contributed by atoms with Gasteiger partial charge >= 0.3 is 0 Å². The minimum atomic E-state index is -0.301. The van der Waals surface area contributed by atoms with Crippen molar-refractivity contribution in [3.8, 4) is 0 Å². The van der Waals surface area contributed by atoms with E-state index in [2.05, 4.69) is 46.4 Å². The summed E-state index contributed by atoms with van der Waals surface area (Å²) in [6.45, 7) is 3.58. The molecule has 0 bridgehead atoms. The number of hydrogen-bond acceptors (Lipinski definition) is 4. The highest BCUT2D eigenvalue weighted by atomic mass is 16.1. The molecular weight excluding hydrogens is 252 g/mol. The predicted molar refractivity (Wildman–Crippen MR) is 80.3 cm³/mol. The molecule has 0 aliphatic carbocycles. The maximum Gasteiger partial charge on any atom is 0.235 e. The van der Waals surface area contributed by atoms with E-state index in [-0.39, 0.29) is 11.9 Å². The van der Waals surface area contributed by atoms with E-state index in [0.29, 0.717) is 12.6 Å². The molecular formula is C15H24N4O. The van der Waals surface area contributed by atoms with Crippen molar-refractivity contribution in [3.05, 3.63) is 35.9 Å². The van der Waals surface area contributed by atoms with Gasteiger partial charge in [-0.15, -0.1) is 0 Å². The van der Waals surface area contributed by atoms with Gasteiger partial charge in [0.2, 0.25) is 5.91 Å². The zero-order valence-electron chi connectivity index (χ0n) is 12.2. The summed E-state index contributed by atoms with van der Waals surface area (Å²) in [5, 5.41) is 3.00. The van der Waals surface area contributed by atoms with Gasteiger partial charge in [-0.25, -0.2) is 0 Å². The number of likely N-dealkylation sites (N-methyl/N-ethyl adjacent to an activating group) is 2. The number of carbonyl (C=O) groups is 1. The minimum Gasteiger partial charge on any atom is -0.368 e. The van der Waals surface area contributed by atoms with Crippen molar-refractivity contribution in [2.75, 3.05) is 40.3 Å². The maximum atomic E-state index is 11.4. The molecule has 1 aliphatic heterocycles. The first kappa shape index (κ1) is 15.0. The summed E-state index contributed by atoms with van der Waals surface area (Å²) in [6, 6.07) is 10.5. The van der Waals surface area contributed by atoms with Crippen molar-refractivity contribution in [1.82, 2.24) is 15.1 Å². The maximum absolute atomic E-state index is 11.4. The Morgan fingerprint density at radius 1 is 1.40 bits per heavy atom. The first-order chi connectivity index (χ1) is 9.61. The zero-order chi connectivity index (χ0) is 14.5. The SMILES string of the molecule is CNC(CN1CCN(C)CC1c1ccccc1)C(N)=O. The Hall–Kier alpha value is -1.43. The van der Waals surface area contributed by atoms with Crippen molar-refractivity contribution in [2.24, 2.45) is 5.73 Å². The highest BCUT2D eigenvalue weighted by Crippen LogP contribution is 2.24. The molecule has 3 N–H and O–H groups in total. The van der Waals surface area contributed by atoms with Crippen LogP contribution >= 0.6 is 0 Å². The molecule has 0 spiro atoms. The smallest absolute Gasteiger partial charge is 0.235 e. The number of amides is 1. The number of nitrogens with one attached hydrogen (secondary N) is 1. The Kier molecular flexibility index (Phi) is 5.11. The molecule has 20 heavy (non-hydrogen) atoms. The van der Waals surface area contributed by atoms with Crippen LogP contribution in [0.1, 0.15) is 11.6 Å². The van der Waals surface area contributed by atoms with Crippen LogP contribution < -0.4 is 11.1 Å². The Morgan fingerprint density at radius 3 is 2.70 bits per heavy atom. The summed E-state index contributed by atoms with van der Waals surface area (Å²) in [7, 11) is 3.92. The third-order valence-electron chi connectivity index (χ3n) is 3.99. The first-order valence-electron chi connectivity index (χ1n) is 7.06. The summed E-state index contributed by atoms with van der Waals surface area (Å²) in [6.07, 6.45) is 0. The Morgan fingerprint density at radius 2 is 2.10 bits per heavy atom. The van der Waals surface area contributed by atoms with Crippen LogP contribution in [0, 0.1) is 0 Å². The van der Waals surface area contributed by atoms with Crippen LogP contribution in [0.15, 0.2) is 30.3 Å². The summed E-state index contributed by atoms with van der Waals surface area (Å²) < 4.78 is 0. The van der Waals surface area contributed by atoms with Gasteiger partial charge < -0.3 is 16.0 Å². The lowest BCUT2D eigenvalue weighted by Gasteiger charge is -2.41. The van der Waals surface area contributed by atoms with E-state index < -0.39 is 0 Å². The molecule has 2 atom stereocenters. The van der Waals surface area contributed by atoms with E-state index in [9.17, 15) is 4.79 Å². The van der Waals surface area contributed by atoms with Gasteiger partial charge in [0.05, 0.1) is 6.04 Å². The number of benzene rings is 1. The topological polar surface area (TPSA) is 61.6 Å². The van der Waals surface area contributed by atoms with Crippen molar-refractivity contribution >= 4 is 5.91 Å². The monoisotopic (exact) mass is 276 g/mol. The molecule has 110 valence electrons. The molecule has 1 amide bonds. The van der Waals surface area contributed by atoms with E-state index in [1.54, 1.807) is 7.05 Å². The molecule has 0 aromatic heterocycles. The highest BCUT2D eigenvalue weighted by Gasteiger charge is 2.29. The van der Waals surface area contributed by atoms with Gasteiger partial charge in [-0.3, -0.25) is 9.69 Å². The molecule has 1 fully saturated rings. The quantitative estimate of drug-likeness (QED) is 0.798. The minimum absolute atomic E-state index is 0.293. The number of carbonyl (C=O) groups excluding carboxylic acids is 1. The van der Waals surface area contributed by atoms with E-state index in [0.717, 1.165) is 19.6 Å². The van der Waals surface area contributed by atoms with Gasteiger partial charge in [-0.2, -0.15) is 0 Å². The van der Waals surface area contributed by atoms with E-state index in [1.807, 2.05) is 6.07 Å². The Labute approximate surface area is 120 Å². The Bertz CT molecular complexity index is 437. The largest absolute Gasteiger partial charge is 0.368 e. The van der Waals surface area contributed by atoms with Crippen LogP contribution in [0.25, 0.3) is 0 Å². The second kappa shape index (κ2) is 6.83. The molecule has 2 unspecified atom stereocenters. The summed E-state index contributed by atoms with van der Waals surface area (Å²) in [4.78, 5) is 16.1. The van der Waals surface area contributed by atoms with Gasteiger partial charge in [0, 0.05) is 32.2 Å². The van der Waals surface area contributed by atoms with Crippen LogP contribution in [0.2, 0.25) is 0 Å². The van der Waals surface area contributed by atoms with Gasteiger partial charge in [-0.05, 0) is 19.7 Å². The van der Waals surface area contributed by atoms with Gasteiger partial charge in [0.1, 0.15) is 0 Å². The number of primary amides is 1. The van der Waals surface area contributed by atoms with Crippen molar-refractivity contribution in [2.45, 2.75) is 12.1 Å². The lowest BCUT2D eigenvalue weighted by atomic mass is 10.0. The van der Waals surface area contributed by atoms with Gasteiger partial charge in [-0.1, -0.05) is 30.3 Å². The lowest BCUT2D eigenvalue weighted by Crippen LogP contribution is -2.54. The average Bonchev–Trinajstić information content (AvgIpc) is 2.46. The third kappa shape index (κ3) is 3.56. The van der Waals surface area contributed by atoms with Crippen LogP contribution in [-0.2, 0) is 4.79 Å². The molecule has 1 heterocycles. The van der Waals surface area contributed by atoms with Crippen LogP contribution in [0.5, 0.6) is 0 Å². The summed E-state index contributed by atoms with van der Waals surface area (Å²) in [5.41, 5.74) is 6.73. The van der Waals surface area contributed by atoms with Crippen LogP contribution in [-0.4, -0.2) is 62.0 Å². The van der Waals surface area contributed by atoms with Crippen LogP contribution in [0.3, 0.4) is 0 Å². The molecule has 2 rings (SSSR count). The lowest BCUT2D eigenvalue weighted by molar-refractivity contribution is -0.120. The average molecular weight is 276 g/mol. The third-order valence-corrected chi connectivity index (χ3v) is 3.99. The van der Waals surface area contributed by atoms with Crippen molar-refractivity contribution in [3.63, 3.8) is 0 Å². The molecule has 0 radical (unpaired) electrons. The molecule has 5 heteroatoms. The number of rotatable bonds is 5. The summed E-state index contributed by atoms with van der Waals surface area (Å²) in [5.74, 6) is -0.293. The molecule has 1 aliphatic rings. The van der Waals surface area contributed by atoms with Crippen LogP contribution in [0.4, 0.5) is 0 Å². The van der Waals surface area contributed by atoms with E-state index in [4.69, 9.17) is 5.73 Å². The fourth-order valence-corrected chi connectivity index (χ4v) is 2.72. The summed E-state index contributed by atoms with van der Waals surface area (Å²) >= 11 is 0.